The van der Waals surface area contributed by atoms with E-state index in [-0.39, 0.29) is 16.7 Å². The zero-order valence-electron chi connectivity index (χ0n) is 12.8. The minimum atomic E-state index is -3.63. The third-order valence-corrected chi connectivity index (χ3v) is 6.07. The van der Waals surface area contributed by atoms with Crippen LogP contribution in [-0.2, 0) is 19.6 Å². The number of aryl methyl sites for hydroxylation is 1. The summed E-state index contributed by atoms with van der Waals surface area (Å²) in [6.07, 6.45) is 0.382. The van der Waals surface area contributed by atoms with Gasteiger partial charge in [0.05, 0.1) is 18.9 Å². The molecule has 120 valence electrons. The molecule has 2 aliphatic heterocycles. The number of carbonyl (C=O) groups excluding carboxylic acids is 1. The number of nitrogens with one attached hydrogen (secondary N) is 1. The van der Waals surface area contributed by atoms with E-state index < -0.39 is 10.0 Å². The van der Waals surface area contributed by atoms with E-state index in [0.717, 1.165) is 11.1 Å². The first-order valence-electron chi connectivity index (χ1n) is 7.42. The summed E-state index contributed by atoms with van der Waals surface area (Å²) in [5, 5.41) is 2.76. The van der Waals surface area contributed by atoms with Gasteiger partial charge in [-0.15, -0.1) is 0 Å². The molecule has 1 amide bonds. The number of benzene rings is 1. The van der Waals surface area contributed by atoms with Gasteiger partial charge in [0, 0.05) is 19.5 Å². The van der Waals surface area contributed by atoms with Crippen molar-refractivity contribution >= 4 is 21.6 Å². The smallest absolute Gasteiger partial charge is 0.245 e. The quantitative estimate of drug-likeness (QED) is 0.894. The minimum absolute atomic E-state index is 0.0160. The van der Waals surface area contributed by atoms with Crippen molar-refractivity contribution in [2.45, 2.75) is 31.1 Å². The van der Waals surface area contributed by atoms with E-state index >= 15 is 0 Å². The number of sulfonamides is 1. The number of ether oxygens (including phenoxy) is 1. The second kappa shape index (κ2) is 5.64. The highest BCUT2D eigenvalue weighted by atomic mass is 32.2. The molecule has 0 radical (unpaired) electrons. The van der Waals surface area contributed by atoms with Crippen molar-refractivity contribution in [3.8, 4) is 0 Å². The Kier molecular flexibility index (Phi) is 3.96. The Morgan fingerprint density at radius 3 is 2.64 bits per heavy atom. The highest BCUT2D eigenvalue weighted by Gasteiger charge is 2.33. The number of carbonyl (C=O) groups is 1. The van der Waals surface area contributed by atoms with Crippen LogP contribution in [0.2, 0.25) is 0 Å². The van der Waals surface area contributed by atoms with Gasteiger partial charge in [0.2, 0.25) is 15.9 Å². The lowest BCUT2D eigenvalue weighted by Crippen LogP contribution is -2.41. The van der Waals surface area contributed by atoms with Gasteiger partial charge in [-0.2, -0.15) is 4.31 Å². The summed E-state index contributed by atoms with van der Waals surface area (Å²) in [6.45, 7) is 5.30. The molecule has 0 aromatic heterocycles. The fraction of sp³-hybridized carbons (Fsp3) is 0.533. The molecule has 1 N–H and O–H groups in total. The number of hydrogen-bond donors (Lipinski definition) is 1. The highest BCUT2D eigenvalue weighted by molar-refractivity contribution is 7.89. The first kappa shape index (κ1) is 15.5. The molecule has 0 spiro atoms. The fourth-order valence-corrected chi connectivity index (χ4v) is 4.68. The van der Waals surface area contributed by atoms with E-state index in [4.69, 9.17) is 4.74 Å². The second-order valence-corrected chi connectivity index (χ2v) is 7.80. The van der Waals surface area contributed by atoms with E-state index in [2.05, 4.69) is 5.32 Å². The van der Waals surface area contributed by atoms with Gasteiger partial charge in [-0.1, -0.05) is 13.0 Å². The van der Waals surface area contributed by atoms with Gasteiger partial charge in [0.1, 0.15) is 4.90 Å². The summed E-state index contributed by atoms with van der Waals surface area (Å²) >= 11 is 0. The van der Waals surface area contributed by atoms with Gasteiger partial charge in [-0.3, -0.25) is 4.79 Å². The number of hydrogen-bond acceptors (Lipinski definition) is 4. The number of rotatable bonds is 2. The molecule has 0 aliphatic carbocycles. The monoisotopic (exact) mass is 324 g/mol. The van der Waals surface area contributed by atoms with E-state index in [1.807, 2.05) is 19.9 Å². The van der Waals surface area contributed by atoms with Crippen molar-refractivity contribution in [1.29, 1.82) is 0 Å². The molecule has 0 saturated carbocycles. The van der Waals surface area contributed by atoms with Crippen molar-refractivity contribution in [3.05, 3.63) is 23.3 Å². The lowest BCUT2D eigenvalue weighted by molar-refractivity contribution is -0.116. The van der Waals surface area contributed by atoms with E-state index in [0.29, 0.717) is 38.4 Å². The Bertz CT molecular complexity index is 708. The van der Waals surface area contributed by atoms with Crippen LogP contribution in [0.3, 0.4) is 0 Å². The molecule has 7 heteroatoms. The molecule has 0 bridgehead atoms. The van der Waals surface area contributed by atoms with Gasteiger partial charge in [0.15, 0.2) is 0 Å². The topological polar surface area (TPSA) is 75.7 Å². The normalized spacial score (nSPS) is 23.0. The maximum absolute atomic E-state index is 12.9. The zero-order valence-corrected chi connectivity index (χ0v) is 13.6. The predicted octanol–water partition coefficient (Wildman–Crippen LogP) is 1.46. The molecule has 22 heavy (non-hydrogen) atoms. The van der Waals surface area contributed by atoms with Crippen LogP contribution in [0.25, 0.3) is 0 Å². The number of morpholine rings is 1. The Morgan fingerprint density at radius 1 is 1.27 bits per heavy atom. The van der Waals surface area contributed by atoms with Gasteiger partial charge in [0.25, 0.3) is 0 Å². The molecular formula is C15H20N2O4S. The van der Waals surface area contributed by atoms with E-state index in [1.54, 1.807) is 6.07 Å². The molecule has 1 fully saturated rings. The molecule has 1 atom stereocenters. The third-order valence-electron chi connectivity index (χ3n) is 4.15. The van der Waals surface area contributed by atoms with Crippen LogP contribution in [0.15, 0.2) is 17.0 Å². The Morgan fingerprint density at radius 2 is 1.95 bits per heavy atom. The number of nitrogens with zero attached hydrogens (tertiary/aromatic N) is 1. The average molecular weight is 324 g/mol. The zero-order chi connectivity index (χ0) is 15.9. The molecule has 1 unspecified atom stereocenters. The maximum Gasteiger partial charge on any atom is 0.245 e. The van der Waals surface area contributed by atoms with Crippen molar-refractivity contribution < 1.29 is 17.9 Å². The van der Waals surface area contributed by atoms with Crippen LogP contribution < -0.4 is 5.32 Å². The maximum atomic E-state index is 12.9. The predicted molar refractivity (Wildman–Crippen MR) is 82.4 cm³/mol. The lowest BCUT2D eigenvalue weighted by atomic mass is 9.91. The molecule has 1 aromatic rings. The largest absolute Gasteiger partial charge is 0.379 e. The van der Waals surface area contributed by atoms with Crippen LogP contribution in [0.5, 0.6) is 0 Å². The summed E-state index contributed by atoms with van der Waals surface area (Å²) in [5.74, 6) is -0.121. The molecule has 1 saturated heterocycles. The molecule has 6 nitrogen and oxygen atoms in total. The van der Waals surface area contributed by atoms with Crippen LogP contribution in [-0.4, -0.2) is 44.9 Å². The lowest BCUT2D eigenvalue weighted by Gasteiger charge is -2.30. The number of fused-ring (bicyclic) bond motifs is 1. The SMILES string of the molecule is Cc1cc2c(c(S(=O)(=O)N3CCOCC3)c1)NC(=O)CC2C. The summed E-state index contributed by atoms with van der Waals surface area (Å²) in [6, 6.07) is 3.60. The number of amides is 1. The Hall–Kier alpha value is -1.44. The van der Waals surface area contributed by atoms with Crippen molar-refractivity contribution in [2.24, 2.45) is 0 Å². The van der Waals surface area contributed by atoms with E-state index in [1.165, 1.54) is 4.31 Å². The van der Waals surface area contributed by atoms with Crippen molar-refractivity contribution in [3.63, 3.8) is 0 Å². The van der Waals surface area contributed by atoms with Gasteiger partial charge >= 0.3 is 0 Å². The Labute approximate surface area is 130 Å². The summed E-state index contributed by atoms with van der Waals surface area (Å²) in [5.41, 5.74) is 2.22. The summed E-state index contributed by atoms with van der Waals surface area (Å²) < 4.78 is 32.5. The van der Waals surface area contributed by atoms with Crippen molar-refractivity contribution in [2.75, 3.05) is 31.6 Å². The van der Waals surface area contributed by atoms with Gasteiger partial charge < -0.3 is 10.1 Å². The van der Waals surface area contributed by atoms with Gasteiger partial charge in [-0.05, 0) is 30.0 Å². The first-order chi connectivity index (χ1) is 10.4. The first-order valence-corrected chi connectivity index (χ1v) is 8.86. The molecule has 2 aliphatic rings. The second-order valence-electron chi connectivity index (χ2n) is 5.90. The standard InChI is InChI=1S/C15H20N2O4S/c1-10-7-12-11(2)9-14(18)16-15(12)13(8-10)22(19,20)17-3-5-21-6-4-17/h7-8,11H,3-6,9H2,1-2H3,(H,16,18). The summed E-state index contributed by atoms with van der Waals surface area (Å²) in [7, 11) is -3.63. The molecule has 2 heterocycles. The Balaban J connectivity index is 2.12. The van der Waals surface area contributed by atoms with Gasteiger partial charge in [-0.25, -0.2) is 8.42 Å². The molecule has 1 aromatic carbocycles. The highest BCUT2D eigenvalue weighted by Crippen LogP contribution is 2.38. The van der Waals surface area contributed by atoms with Crippen LogP contribution in [0, 0.1) is 6.92 Å². The summed E-state index contributed by atoms with van der Waals surface area (Å²) in [4.78, 5) is 12.0. The number of anilines is 1. The van der Waals surface area contributed by atoms with Crippen LogP contribution in [0.4, 0.5) is 5.69 Å². The molecular weight excluding hydrogens is 304 g/mol. The minimum Gasteiger partial charge on any atom is -0.379 e. The van der Waals surface area contributed by atoms with Crippen LogP contribution in [0.1, 0.15) is 30.4 Å². The van der Waals surface area contributed by atoms with E-state index in [9.17, 15) is 13.2 Å². The van der Waals surface area contributed by atoms with Crippen LogP contribution >= 0.6 is 0 Å². The molecule has 3 rings (SSSR count). The third kappa shape index (κ3) is 2.64. The van der Waals surface area contributed by atoms with Crippen molar-refractivity contribution in [1.82, 2.24) is 4.31 Å². The average Bonchev–Trinajstić information content (AvgIpc) is 2.48. The fourth-order valence-electron chi connectivity index (χ4n) is 3.01.